The van der Waals surface area contributed by atoms with E-state index in [4.69, 9.17) is 18.9 Å². The van der Waals surface area contributed by atoms with Gasteiger partial charge in [-0.25, -0.2) is 17.9 Å². The molecule has 1 amide bonds. The number of benzene rings is 2. The number of rotatable bonds is 9. The van der Waals surface area contributed by atoms with E-state index >= 15 is 0 Å². The molecule has 3 rings (SSSR count). The molecule has 0 spiro atoms. The van der Waals surface area contributed by atoms with Crippen molar-refractivity contribution in [3.8, 4) is 17.2 Å². The van der Waals surface area contributed by atoms with Crippen LogP contribution in [0.15, 0.2) is 47.4 Å². The van der Waals surface area contributed by atoms with Crippen LogP contribution < -0.4 is 24.2 Å². The number of methoxy groups -OCH3 is 1. The summed E-state index contributed by atoms with van der Waals surface area (Å²) < 4.78 is 48.6. The molecule has 1 heterocycles. The molecule has 34 heavy (non-hydrogen) atoms. The third kappa shape index (κ3) is 6.72. The number of carbonyl (C=O) groups excluding carboxylic acids is 2. The van der Waals surface area contributed by atoms with Crippen LogP contribution in [-0.4, -0.2) is 53.3 Å². The highest BCUT2D eigenvalue weighted by molar-refractivity contribution is 7.89. The predicted octanol–water partition coefficient (Wildman–Crippen LogP) is 2.35. The molecule has 0 radical (unpaired) electrons. The van der Waals surface area contributed by atoms with Crippen molar-refractivity contribution in [2.24, 2.45) is 0 Å². The van der Waals surface area contributed by atoms with E-state index in [2.05, 4.69) is 10.0 Å². The Labute approximate surface area is 197 Å². The molecule has 0 atom stereocenters. The van der Waals surface area contributed by atoms with Gasteiger partial charge in [-0.3, -0.25) is 4.79 Å². The second-order valence-electron chi connectivity index (χ2n) is 7.53. The van der Waals surface area contributed by atoms with E-state index < -0.39 is 28.5 Å². The van der Waals surface area contributed by atoms with Crippen LogP contribution in [0.3, 0.4) is 0 Å². The molecule has 10 nitrogen and oxygen atoms in total. The van der Waals surface area contributed by atoms with Crippen molar-refractivity contribution < 1.29 is 37.0 Å². The van der Waals surface area contributed by atoms with Crippen molar-refractivity contribution in [3.63, 3.8) is 0 Å². The van der Waals surface area contributed by atoms with Crippen molar-refractivity contribution >= 4 is 33.7 Å². The maximum absolute atomic E-state index is 12.6. The van der Waals surface area contributed by atoms with Crippen molar-refractivity contribution in [2.75, 3.05) is 32.2 Å². The first-order chi connectivity index (χ1) is 16.2. The topological polar surface area (TPSA) is 129 Å². The smallest absolute Gasteiger partial charge is 0.331 e. The quantitative estimate of drug-likeness (QED) is 0.405. The minimum atomic E-state index is -3.82. The third-order valence-electron chi connectivity index (χ3n) is 4.45. The number of esters is 1. The lowest BCUT2D eigenvalue weighted by Gasteiger charge is -2.18. The van der Waals surface area contributed by atoms with Gasteiger partial charge in [-0.15, -0.1) is 0 Å². The first kappa shape index (κ1) is 25.1. The van der Waals surface area contributed by atoms with Gasteiger partial charge in [0.05, 0.1) is 7.11 Å². The molecule has 0 unspecified atom stereocenters. The zero-order chi connectivity index (χ0) is 24.7. The van der Waals surface area contributed by atoms with E-state index in [0.717, 1.165) is 6.08 Å². The summed E-state index contributed by atoms with van der Waals surface area (Å²) >= 11 is 0. The van der Waals surface area contributed by atoms with Crippen LogP contribution in [-0.2, 0) is 24.3 Å². The van der Waals surface area contributed by atoms with Gasteiger partial charge in [0.2, 0.25) is 10.0 Å². The van der Waals surface area contributed by atoms with E-state index in [0.29, 0.717) is 36.0 Å². The minimum Gasteiger partial charge on any atom is -0.495 e. The monoisotopic (exact) mass is 490 g/mol. The standard InChI is InChI=1S/C23H26N2O8S/c1-15(2)25-34(28,29)21-12-16(4-7-19(21)30-3)5-9-23(27)33-14-22(26)24-17-6-8-18-20(13-17)32-11-10-31-18/h4-9,12-13,15,25H,10-11,14H2,1-3H3,(H,24,26)/b9-5+. The second kappa shape index (κ2) is 11.0. The number of nitrogens with one attached hydrogen (secondary N) is 2. The third-order valence-corrected chi connectivity index (χ3v) is 6.13. The molecule has 1 aliphatic heterocycles. The van der Waals surface area contributed by atoms with Crippen LogP contribution in [0.4, 0.5) is 5.69 Å². The summed E-state index contributed by atoms with van der Waals surface area (Å²) in [4.78, 5) is 24.1. The zero-order valence-corrected chi connectivity index (χ0v) is 19.8. The number of ether oxygens (including phenoxy) is 4. The summed E-state index contributed by atoms with van der Waals surface area (Å²) in [6, 6.07) is 9.10. The highest BCUT2D eigenvalue weighted by Gasteiger charge is 2.21. The Morgan fingerprint density at radius 2 is 1.82 bits per heavy atom. The van der Waals surface area contributed by atoms with E-state index in [9.17, 15) is 18.0 Å². The molecule has 11 heteroatoms. The van der Waals surface area contributed by atoms with Gasteiger partial charge in [-0.05, 0) is 49.8 Å². The number of amides is 1. The van der Waals surface area contributed by atoms with Gasteiger partial charge in [0.1, 0.15) is 23.9 Å². The lowest BCUT2D eigenvalue weighted by atomic mass is 10.2. The van der Waals surface area contributed by atoms with Crippen molar-refractivity contribution in [2.45, 2.75) is 24.8 Å². The summed E-state index contributed by atoms with van der Waals surface area (Å²) in [6.45, 7) is 3.79. The van der Waals surface area contributed by atoms with Crippen molar-refractivity contribution in [3.05, 3.63) is 48.0 Å². The van der Waals surface area contributed by atoms with E-state index in [1.54, 1.807) is 38.1 Å². The average molecular weight is 491 g/mol. The van der Waals surface area contributed by atoms with Gasteiger partial charge in [-0.1, -0.05) is 6.07 Å². The molecule has 1 aliphatic rings. The highest BCUT2D eigenvalue weighted by atomic mass is 32.2. The molecule has 0 saturated heterocycles. The fourth-order valence-electron chi connectivity index (χ4n) is 3.05. The Morgan fingerprint density at radius 3 is 2.53 bits per heavy atom. The fraction of sp³-hybridized carbons (Fsp3) is 0.304. The molecular formula is C23H26N2O8S. The first-order valence-corrected chi connectivity index (χ1v) is 11.9. The number of sulfonamides is 1. The summed E-state index contributed by atoms with van der Waals surface area (Å²) in [7, 11) is -2.45. The molecule has 2 aromatic carbocycles. The van der Waals surface area contributed by atoms with E-state index in [-0.39, 0.29) is 16.7 Å². The maximum atomic E-state index is 12.6. The van der Waals surface area contributed by atoms with Gasteiger partial charge in [0, 0.05) is 23.9 Å². The Hall–Kier alpha value is -3.57. The molecule has 182 valence electrons. The number of carbonyl (C=O) groups is 2. The summed E-state index contributed by atoms with van der Waals surface area (Å²) in [5.74, 6) is -0.0127. The van der Waals surface area contributed by atoms with Gasteiger partial charge in [0.15, 0.2) is 18.1 Å². The largest absolute Gasteiger partial charge is 0.495 e. The molecular weight excluding hydrogens is 464 g/mol. The molecule has 0 aromatic heterocycles. The molecule has 0 saturated carbocycles. The SMILES string of the molecule is COc1ccc(/C=C/C(=O)OCC(=O)Nc2ccc3c(c2)OCCO3)cc1S(=O)(=O)NC(C)C. The van der Waals surface area contributed by atoms with Crippen molar-refractivity contribution in [1.82, 2.24) is 4.72 Å². The minimum absolute atomic E-state index is 0.0574. The van der Waals surface area contributed by atoms with E-state index in [1.807, 2.05) is 0 Å². The van der Waals surface area contributed by atoms with Crippen LogP contribution in [0.25, 0.3) is 6.08 Å². The lowest BCUT2D eigenvalue weighted by molar-refractivity contribution is -0.142. The lowest BCUT2D eigenvalue weighted by Crippen LogP contribution is -2.30. The normalized spacial score (nSPS) is 13.1. The van der Waals surface area contributed by atoms with Crippen LogP contribution in [0.1, 0.15) is 19.4 Å². The molecule has 2 aromatic rings. The summed E-state index contributed by atoms with van der Waals surface area (Å²) in [5, 5.41) is 2.61. The van der Waals surface area contributed by atoms with Crippen LogP contribution in [0.2, 0.25) is 0 Å². The van der Waals surface area contributed by atoms with Crippen molar-refractivity contribution in [1.29, 1.82) is 0 Å². The number of fused-ring (bicyclic) bond motifs is 1. The van der Waals surface area contributed by atoms with Gasteiger partial charge in [-0.2, -0.15) is 0 Å². The Morgan fingerprint density at radius 1 is 1.09 bits per heavy atom. The Balaban J connectivity index is 1.58. The number of anilines is 1. The number of hydrogen-bond acceptors (Lipinski definition) is 8. The average Bonchev–Trinajstić information content (AvgIpc) is 2.80. The second-order valence-corrected chi connectivity index (χ2v) is 9.22. The number of hydrogen-bond donors (Lipinski definition) is 2. The predicted molar refractivity (Wildman–Crippen MR) is 125 cm³/mol. The molecule has 0 aliphatic carbocycles. The van der Waals surface area contributed by atoms with Gasteiger partial charge in [0.25, 0.3) is 5.91 Å². The molecule has 0 fully saturated rings. The summed E-state index contributed by atoms with van der Waals surface area (Å²) in [5.41, 5.74) is 0.908. The maximum Gasteiger partial charge on any atom is 0.331 e. The van der Waals surface area contributed by atoms with Crippen LogP contribution >= 0.6 is 0 Å². The summed E-state index contributed by atoms with van der Waals surface area (Å²) in [6.07, 6.45) is 2.49. The zero-order valence-electron chi connectivity index (χ0n) is 19.0. The Bertz CT molecular complexity index is 1190. The molecule has 2 N–H and O–H groups in total. The van der Waals surface area contributed by atoms with Crippen LogP contribution in [0.5, 0.6) is 17.2 Å². The Kier molecular flexibility index (Phi) is 8.13. The van der Waals surface area contributed by atoms with Gasteiger partial charge < -0.3 is 24.3 Å². The van der Waals surface area contributed by atoms with Gasteiger partial charge >= 0.3 is 5.97 Å². The molecule has 0 bridgehead atoms. The first-order valence-electron chi connectivity index (χ1n) is 10.4. The fourth-order valence-corrected chi connectivity index (χ4v) is 4.50. The highest BCUT2D eigenvalue weighted by Crippen LogP contribution is 2.32. The van der Waals surface area contributed by atoms with E-state index in [1.165, 1.54) is 25.3 Å². The van der Waals surface area contributed by atoms with Crippen LogP contribution in [0, 0.1) is 0 Å².